The van der Waals surface area contributed by atoms with Crippen LogP contribution in [-0.2, 0) is 17.9 Å². The van der Waals surface area contributed by atoms with Crippen LogP contribution in [-0.4, -0.2) is 17.6 Å². The number of amides is 1. The van der Waals surface area contributed by atoms with Gasteiger partial charge in [-0.15, -0.1) is 0 Å². The van der Waals surface area contributed by atoms with Crippen LogP contribution in [0.2, 0.25) is 0 Å². The SMILES string of the molecule is COc1ccccc1CNC(=O)/C(C#N)=C/c1cc(C)n(CCC(C)C)c1C. The molecule has 0 unspecified atom stereocenters. The molecule has 1 heterocycles. The van der Waals surface area contributed by atoms with Gasteiger partial charge in [0, 0.05) is 30.0 Å². The lowest BCUT2D eigenvalue weighted by atomic mass is 10.1. The molecule has 5 nitrogen and oxygen atoms in total. The molecule has 1 N–H and O–H groups in total. The number of hydrogen-bond acceptors (Lipinski definition) is 3. The predicted molar refractivity (Wildman–Crippen MR) is 112 cm³/mol. The van der Waals surface area contributed by atoms with Crippen molar-refractivity contribution in [2.24, 2.45) is 5.92 Å². The lowest BCUT2D eigenvalue weighted by Gasteiger charge is -2.11. The van der Waals surface area contributed by atoms with Crippen LogP contribution < -0.4 is 10.1 Å². The number of nitrogens with zero attached hydrogens (tertiary/aromatic N) is 2. The minimum atomic E-state index is -0.389. The molecule has 1 aromatic heterocycles. The third-order valence-corrected chi connectivity index (χ3v) is 4.84. The van der Waals surface area contributed by atoms with Crippen LogP contribution in [0.25, 0.3) is 6.08 Å². The van der Waals surface area contributed by atoms with Crippen molar-refractivity contribution in [3.05, 3.63) is 58.4 Å². The molecule has 0 aliphatic heterocycles. The molecular formula is C23H29N3O2. The van der Waals surface area contributed by atoms with Crippen molar-refractivity contribution in [2.75, 3.05) is 7.11 Å². The van der Waals surface area contributed by atoms with Gasteiger partial charge >= 0.3 is 0 Å². The number of carbonyl (C=O) groups excluding carboxylic acids is 1. The van der Waals surface area contributed by atoms with E-state index in [2.05, 4.69) is 30.7 Å². The third kappa shape index (κ3) is 5.26. The van der Waals surface area contributed by atoms with Crippen molar-refractivity contribution in [3.8, 4) is 11.8 Å². The number of carbonyl (C=O) groups is 1. The van der Waals surface area contributed by atoms with E-state index in [1.54, 1.807) is 13.2 Å². The molecule has 1 aromatic carbocycles. The highest BCUT2D eigenvalue weighted by molar-refractivity contribution is 6.01. The molecule has 0 aliphatic rings. The van der Waals surface area contributed by atoms with Crippen LogP contribution in [0.4, 0.5) is 0 Å². The molecule has 148 valence electrons. The summed E-state index contributed by atoms with van der Waals surface area (Å²) < 4.78 is 7.54. The van der Waals surface area contributed by atoms with Crippen molar-refractivity contribution in [1.82, 2.24) is 9.88 Å². The van der Waals surface area contributed by atoms with Crippen LogP contribution >= 0.6 is 0 Å². The quantitative estimate of drug-likeness (QED) is 0.547. The number of rotatable bonds is 8. The van der Waals surface area contributed by atoms with Crippen molar-refractivity contribution in [2.45, 2.75) is 47.2 Å². The maximum Gasteiger partial charge on any atom is 0.262 e. The maximum absolute atomic E-state index is 12.5. The third-order valence-electron chi connectivity index (χ3n) is 4.84. The number of para-hydroxylation sites is 1. The van der Waals surface area contributed by atoms with Gasteiger partial charge < -0.3 is 14.6 Å². The number of nitriles is 1. The van der Waals surface area contributed by atoms with Gasteiger partial charge in [-0.3, -0.25) is 4.79 Å². The summed E-state index contributed by atoms with van der Waals surface area (Å²) in [7, 11) is 1.59. The molecule has 0 spiro atoms. The first kappa shape index (κ1) is 21.3. The second-order valence-corrected chi connectivity index (χ2v) is 7.32. The highest BCUT2D eigenvalue weighted by Gasteiger charge is 2.13. The fourth-order valence-corrected chi connectivity index (χ4v) is 3.13. The van der Waals surface area contributed by atoms with Crippen LogP contribution in [0.5, 0.6) is 5.75 Å². The molecule has 0 atom stereocenters. The first-order valence-corrected chi connectivity index (χ1v) is 9.56. The molecule has 0 bridgehead atoms. The zero-order valence-corrected chi connectivity index (χ0v) is 17.4. The summed E-state index contributed by atoms with van der Waals surface area (Å²) >= 11 is 0. The topological polar surface area (TPSA) is 67.0 Å². The largest absolute Gasteiger partial charge is 0.496 e. The summed E-state index contributed by atoms with van der Waals surface area (Å²) in [6.07, 6.45) is 2.76. The number of aryl methyl sites for hydroxylation is 1. The van der Waals surface area contributed by atoms with Crippen molar-refractivity contribution >= 4 is 12.0 Å². The fraction of sp³-hybridized carbons (Fsp3) is 0.391. The average molecular weight is 380 g/mol. The van der Waals surface area contributed by atoms with E-state index < -0.39 is 0 Å². The van der Waals surface area contributed by atoms with E-state index in [4.69, 9.17) is 4.74 Å². The van der Waals surface area contributed by atoms with Gasteiger partial charge in [-0.05, 0) is 50.0 Å². The first-order chi connectivity index (χ1) is 13.4. The molecule has 0 aliphatic carbocycles. The molecule has 1 amide bonds. The molecule has 0 saturated heterocycles. The summed E-state index contributed by atoms with van der Waals surface area (Å²) in [6.45, 7) is 9.73. The van der Waals surface area contributed by atoms with Crippen LogP contribution in [0, 0.1) is 31.1 Å². The van der Waals surface area contributed by atoms with Crippen molar-refractivity contribution in [3.63, 3.8) is 0 Å². The van der Waals surface area contributed by atoms with Crippen LogP contribution in [0.15, 0.2) is 35.9 Å². The molecule has 2 aromatic rings. The normalized spacial score (nSPS) is 11.4. The molecule has 0 radical (unpaired) electrons. The minimum absolute atomic E-state index is 0.0963. The van der Waals surface area contributed by atoms with Gasteiger partial charge in [0.1, 0.15) is 17.4 Å². The van der Waals surface area contributed by atoms with Crippen molar-refractivity contribution < 1.29 is 9.53 Å². The molecule has 0 fully saturated rings. The second kappa shape index (κ2) is 9.80. The van der Waals surface area contributed by atoms with Crippen LogP contribution in [0.1, 0.15) is 42.8 Å². The van der Waals surface area contributed by atoms with Crippen molar-refractivity contribution in [1.29, 1.82) is 5.26 Å². The Bertz CT molecular complexity index is 901. The number of aromatic nitrogens is 1. The van der Waals surface area contributed by atoms with E-state index in [9.17, 15) is 10.1 Å². The monoisotopic (exact) mass is 379 g/mol. The van der Waals surface area contributed by atoms with Crippen LogP contribution in [0.3, 0.4) is 0 Å². The Labute approximate surface area is 167 Å². The smallest absolute Gasteiger partial charge is 0.262 e. The lowest BCUT2D eigenvalue weighted by Crippen LogP contribution is -2.24. The Balaban J connectivity index is 2.16. The summed E-state index contributed by atoms with van der Waals surface area (Å²) in [6, 6.07) is 11.5. The Morgan fingerprint density at radius 2 is 2.04 bits per heavy atom. The average Bonchev–Trinajstić information content (AvgIpc) is 2.95. The highest BCUT2D eigenvalue weighted by atomic mass is 16.5. The zero-order chi connectivity index (χ0) is 20.7. The Morgan fingerprint density at radius 3 is 2.68 bits per heavy atom. The second-order valence-electron chi connectivity index (χ2n) is 7.32. The van der Waals surface area contributed by atoms with Gasteiger partial charge in [-0.1, -0.05) is 32.0 Å². The summed E-state index contributed by atoms with van der Waals surface area (Å²) in [5.41, 5.74) is 4.08. The van der Waals surface area contributed by atoms with E-state index >= 15 is 0 Å². The van der Waals surface area contributed by atoms with E-state index in [0.29, 0.717) is 18.2 Å². The number of methoxy groups -OCH3 is 1. The van der Waals surface area contributed by atoms with Gasteiger partial charge in [0.05, 0.1) is 7.11 Å². The Hall–Kier alpha value is -3.00. The minimum Gasteiger partial charge on any atom is -0.496 e. The fourth-order valence-electron chi connectivity index (χ4n) is 3.13. The van der Waals surface area contributed by atoms with E-state index in [1.165, 1.54) is 0 Å². The molecule has 0 saturated carbocycles. The van der Waals surface area contributed by atoms with E-state index in [1.807, 2.05) is 43.3 Å². The Kier molecular flexibility index (Phi) is 7.45. The maximum atomic E-state index is 12.5. The standard InChI is InChI=1S/C23H29N3O2/c1-16(2)10-11-26-17(3)12-20(18(26)4)13-21(14-24)23(27)25-15-19-8-6-7-9-22(19)28-5/h6-9,12-13,16H,10-11,15H2,1-5H3,(H,25,27)/b21-13+. The highest BCUT2D eigenvalue weighted by Crippen LogP contribution is 2.20. The predicted octanol–water partition coefficient (Wildman–Crippen LogP) is 4.38. The summed E-state index contributed by atoms with van der Waals surface area (Å²) in [5.74, 6) is 0.940. The molecular weight excluding hydrogens is 350 g/mol. The molecule has 5 heteroatoms. The van der Waals surface area contributed by atoms with E-state index in [-0.39, 0.29) is 11.5 Å². The first-order valence-electron chi connectivity index (χ1n) is 9.56. The summed E-state index contributed by atoms with van der Waals surface area (Å²) in [4.78, 5) is 12.5. The van der Waals surface area contributed by atoms with Gasteiger partial charge in [-0.2, -0.15) is 5.26 Å². The van der Waals surface area contributed by atoms with E-state index in [0.717, 1.165) is 35.5 Å². The number of ether oxygens (including phenoxy) is 1. The molecule has 2 rings (SSSR count). The van der Waals surface area contributed by atoms with Gasteiger partial charge in [0.2, 0.25) is 0 Å². The zero-order valence-electron chi connectivity index (χ0n) is 17.4. The van der Waals surface area contributed by atoms with Gasteiger partial charge in [-0.25, -0.2) is 0 Å². The molecule has 28 heavy (non-hydrogen) atoms. The lowest BCUT2D eigenvalue weighted by molar-refractivity contribution is -0.117. The number of hydrogen-bond donors (Lipinski definition) is 1. The van der Waals surface area contributed by atoms with Gasteiger partial charge in [0.25, 0.3) is 5.91 Å². The van der Waals surface area contributed by atoms with Gasteiger partial charge in [0.15, 0.2) is 0 Å². The number of nitrogens with one attached hydrogen (secondary N) is 1. The number of benzene rings is 1. The summed E-state index contributed by atoms with van der Waals surface area (Å²) in [5, 5.41) is 12.3. The Morgan fingerprint density at radius 1 is 1.32 bits per heavy atom.